The van der Waals surface area contributed by atoms with E-state index in [-0.39, 0.29) is 5.91 Å². The number of hydrogen-bond donors (Lipinski definition) is 2. The summed E-state index contributed by atoms with van der Waals surface area (Å²) in [6, 6.07) is 12.1. The maximum absolute atomic E-state index is 13.2. The molecule has 2 fully saturated rings. The molecule has 2 N–H and O–H groups in total. The lowest BCUT2D eigenvalue weighted by Crippen LogP contribution is -2.49. The van der Waals surface area contributed by atoms with Crippen LogP contribution in [0, 0.1) is 6.92 Å². The van der Waals surface area contributed by atoms with E-state index in [0.717, 1.165) is 30.2 Å². The van der Waals surface area contributed by atoms with Gasteiger partial charge in [-0.1, -0.05) is 30.3 Å². The molecule has 0 spiro atoms. The van der Waals surface area contributed by atoms with Gasteiger partial charge in [-0.05, 0) is 44.6 Å². The van der Waals surface area contributed by atoms with Crippen LogP contribution in [0.25, 0.3) is 0 Å². The highest BCUT2D eigenvalue weighted by Gasteiger charge is 2.41. The lowest BCUT2D eigenvalue weighted by molar-refractivity contribution is -0.130. The van der Waals surface area contributed by atoms with E-state index in [0.29, 0.717) is 45.1 Å². The van der Waals surface area contributed by atoms with Crippen LogP contribution in [0.1, 0.15) is 43.4 Å². The molecule has 0 unspecified atom stereocenters. The zero-order valence-electron chi connectivity index (χ0n) is 18.4. The first-order valence-corrected chi connectivity index (χ1v) is 11.4. The molecule has 166 valence electrons. The van der Waals surface area contributed by atoms with Gasteiger partial charge in [0.1, 0.15) is 5.82 Å². The summed E-state index contributed by atoms with van der Waals surface area (Å²) in [7, 11) is 0. The van der Waals surface area contributed by atoms with Crippen LogP contribution in [0.2, 0.25) is 0 Å². The van der Waals surface area contributed by atoms with Crippen LogP contribution < -0.4 is 15.5 Å². The summed E-state index contributed by atoms with van der Waals surface area (Å²) in [5.41, 5.74) is 1.50. The van der Waals surface area contributed by atoms with Gasteiger partial charge in [-0.15, -0.1) is 0 Å². The minimum absolute atomic E-state index is 0.0722. The molecular formula is C24H33N5O2. The van der Waals surface area contributed by atoms with Crippen molar-refractivity contribution in [2.24, 2.45) is 0 Å². The molecule has 1 amide bonds. The van der Waals surface area contributed by atoms with Crippen LogP contribution in [0.4, 0.5) is 11.8 Å². The number of amides is 1. The van der Waals surface area contributed by atoms with Gasteiger partial charge in [0, 0.05) is 51.2 Å². The second kappa shape index (κ2) is 10.1. The lowest BCUT2D eigenvalue weighted by atomic mass is 9.73. The fourth-order valence-electron chi connectivity index (χ4n) is 4.56. The maximum atomic E-state index is 13.2. The summed E-state index contributed by atoms with van der Waals surface area (Å²) in [5, 5.41) is 6.42. The molecule has 2 aliphatic heterocycles. The number of anilines is 2. The Morgan fingerprint density at radius 3 is 2.55 bits per heavy atom. The molecule has 4 rings (SSSR count). The van der Waals surface area contributed by atoms with Crippen molar-refractivity contribution in [2.45, 2.75) is 44.4 Å². The van der Waals surface area contributed by atoms with Gasteiger partial charge in [-0.2, -0.15) is 4.98 Å². The second-order valence-corrected chi connectivity index (χ2v) is 8.48. The van der Waals surface area contributed by atoms with Crippen LogP contribution in [-0.4, -0.2) is 55.3 Å². The molecule has 0 bridgehead atoms. The number of nitrogens with zero attached hydrogens (tertiary/aromatic N) is 3. The van der Waals surface area contributed by atoms with Gasteiger partial charge in [0.2, 0.25) is 11.9 Å². The number of nitrogens with one attached hydrogen (secondary N) is 2. The molecule has 7 nitrogen and oxygen atoms in total. The zero-order valence-corrected chi connectivity index (χ0v) is 18.4. The Kier molecular flexibility index (Phi) is 7.02. The molecule has 0 radical (unpaired) electrons. The van der Waals surface area contributed by atoms with E-state index in [1.165, 1.54) is 19.3 Å². The van der Waals surface area contributed by atoms with E-state index in [4.69, 9.17) is 9.72 Å². The topological polar surface area (TPSA) is 79.4 Å². The van der Waals surface area contributed by atoms with Gasteiger partial charge in [-0.3, -0.25) is 4.79 Å². The Bertz CT molecular complexity index is 862. The predicted octanol–water partition coefficient (Wildman–Crippen LogP) is 3.05. The molecule has 2 aromatic rings. The number of piperidine rings is 1. The van der Waals surface area contributed by atoms with Gasteiger partial charge in [0.15, 0.2) is 0 Å². The molecule has 3 heterocycles. The Morgan fingerprint density at radius 2 is 1.81 bits per heavy atom. The van der Waals surface area contributed by atoms with E-state index in [9.17, 15) is 4.79 Å². The van der Waals surface area contributed by atoms with E-state index >= 15 is 0 Å². The van der Waals surface area contributed by atoms with E-state index in [1.807, 2.05) is 43.3 Å². The fraction of sp³-hybridized carbons (Fsp3) is 0.542. The molecule has 0 atom stereocenters. The van der Waals surface area contributed by atoms with Crippen molar-refractivity contribution in [2.75, 3.05) is 49.6 Å². The maximum Gasteiger partial charge on any atom is 0.230 e. The van der Waals surface area contributed by atoms with Gasteiger partial charge >= 0.3 is 0 Å². The number of aromatic nitrogens is 2. The van der Waals surface area contributed by atoms with Crippen LogP contribution >= 0.6 is 0 Å². The average molecular weight is 424 g/mol. The number of ether oxygens (including phenoxy) is 1. The number of carbonyl (C=O) groups is 1. The number of carbonyl (C=O) groups excluding carboxylic acids is 1. The van der Waals surface area contributed by atoms with Crippen molar-refractivity contribution in [3.05, 3.63) is 47.7 Å². The van der Waals surface area contributed by atoms with Crippen molar-refractivity contribution >= 4 is 17.7 Å². The van der Waals surface area contributed by atoms with Crippen LogP contribution in [0.3, 0.4) is 0 Å². The first kappa shape index (κ1) is 21.6. The highest BCUT2D eigenvalue weighted by atomic mass is 16.5. The second-order valence-electron chi connectivity index (χ2n) is 8.48. The Morgan fingerprint density at radius 1 is 1.06 bits per heavy atom. The van der Waals surface area contributed by atoms with E-state index in [2.05, 4.69) is 20.5 Å². The number of rotatable bonds is 7. The summed E-state index contributed by atoms with van der Waals surface area (Å²) in [4.78, 5) is 24.8. The fourth-order valence-corrected chi connectivity index (χ4v) is 4.56. The largest absolute Gasteiger partial charge is 0.381 e. The Balaban J connectivity index is 1.35. The van der Waals surface area contributed by atoms with Crippen LogP contribution in [0.5, 0.6) is 0 Å². The standard InChI is InChI=1S/C24H33N5O2/c1-19-18-21(29-14-6-3-7-15-29)28-23(27-19)26-13-12-25-22(30)24(10-16-31-17-11-24)20-8-4-2-5-9-20/h2,4-5,8-9,18H,3,6-7,10-17H2,1H3,(H,25,30)(H,26,27,28). The van der Waals surface area contributed by atoms with Gasteiger partial charge in [0.25, 0.3) is 0 Å². The molecule has 1 aromatic heterocycles. The van der Waals surface area contributed by atoms with Crippen molar-refractivity contribution < 1.29 is 9.53 Å². The number of hydrogen-bond acceptors (Lipinski definition) is 6. The molecule has 0 aliphatic carbocycles. The third-order valence-corrected chi connectivity index (χ3v) is 6.32. The normalized spacial score (nSPS) is 18.4. The molecule has 31 heavy (non-hydrogen) atoms. The molecule has 2 saturated heterocycles. The van der Waals surface area contributed by atoms with Gasteiger partial charge < -0.3 is 20.3 Å². The Hall–Kier alpha value is -2.67. The van der Waals surface area contributed by atoms with Crippen LogP contribution in [-0.2, 0) is 14.9 Å². The lowest BCUT2D eigenvalue weighted by Gasteiger charge is -2.36. The van der Waals surface area contributed by atoms with E-state index in [1.54, 1.807) is 0 Å². The van der Waals surface area contributed by atoms with Crippen molar-refractivity contribution in [1.29, 1.82) is 0 Å². The van der Waals surface area contributed by atoms with Gasteiger partial charge in [-0.25, -0.2) is 4.98 Å². The quantitative estimate of drug-likeness (QED) is 0.667. The molecule has 1 aromatic carbocycles. The highest BCUT2D eigenvalue weighted by molar-refractivity contribution is 5.88. The first-order valence-electron chi connectivity index (χ1n) is 11.4. The van der Waals surface area contributed by atoms with Crippen molar-refractivity contribution in [3.8, 4) is 0 Å². The summed E-state index contributed by atoms with van der Waals surface area (Å²) in [6.07, 6.45) is 5.13. The third-order valence-electron chi connectivity index (χ3n) is 6.32. The summed E-state index contributed by atoms with van der Waals surface area (Å²) in [5.74, 6) is 1.69. The molecule has 7 heteroatoms. The first-order chi connectivity index (χ1) is 15.2. The smallest absolute Gasteiger partial charge is 0.230 e. The zero-order chi connectivity index (χ0) is 21.5. The number of benzene rings is 1. The summed E-state index contributed by atoms with van der Waals surface area (Å²) >= 11 is 0. The Labute approximate surface area is 184 Å². The molecular weight excluding hydrogens is 390 g/mol. The number of aryl methyl sites for hydroxylation is 1. The van der Waals surface area contributed by atoms with Crippen molar-refractivity contribution in [3.63, 3.8) is 0 Å². The molecule has 0 saturated carbocycles. The minimum atomic E-state index is -0.513. The van der Waals surface area contributed by atoms with Gasteiger partial charge in [0.05, 0.1) is 5.41 Å². The summed E-state index contributed by atoms with van der Waals surface area (Å²) in [6.45, 7) is 6.42. The predicted molar refractivity (Wildman–Crippen MR) is 123 cm³/mol. The molecule has 2 aliphatic rings. The highest BCUT2D eigenvalue weighted by Crippen LogP contribution is 2.35. The van der Waals surface area contributed by atoms with E-state index < -0.39 is 5.41 Å². The third kappa shape index (κ3) is 5.15. The van der Waals surface area contributed by atoms with Crippen LogP contribution in [0.15, 0.2) is 36.4 Å². The van der Waals surface area contributed by atoms with Crippen molar-refractivity contribution in [1.82, 2.24) is 15.3 Å². The summed E-state index contributed by atoms with van der Waals surface area (Å²) < 4.78 is 5.54. The average Bonchev–Trinajstić information content (AvgIpc) is 2.83. The monoisotopic (exact) mass is 423 g/mol. The minimum Gasteiger partial charge on any atom is -0.381 e. The SMILES string of the molecule is Cc1cc(N2CCCCC2)nc(NCCNC(=O)C2(c3ccccc3)CCOCC2)n1.